The molecule has 0 unspecified atom stereocenters. The van der Waals surface area contributed by atoms with E-state index in [1.807, 2.05) is 43.0 Å². The molecule has 0 aromatic heterocycles. The molecule has 1 heterocycles. The number of amides is 3. The van der Waals surface area contributed by atoms with Crippen molar-refractivity contribution >= 4 is 27.9 Å². The van der Waals surface area contributed by atoms with E-state index in [1.165, 1.54) is 0 Å². The monoisotopic (exact) mass is 367 g/mol. The quantitative estimate of drug-likeness (QED) is 0.890. The zero-order valence-electron chi connectivity index (χ0n) is 13.0. The predicted octanol–water partition coefficient (Wildman–Crippen LogP) is 2.25. The van der Waals surface area contributed by atoms with Crippen LogP contribution in [0.2, 0.25) is 0 Å². The Bertz CT molecular complexity index is 523. The Balaban J connectivity index is 1.82. The van der Waals surface area contributed by atoms with Crippen LogP contribution in [0.25, 0.3) is 0 Å². The van der Waals surface area contributed by atoms with Gasteiger partial charge in [-0.1, -0.05) is 28.1 Å². The molecular weight excluding hydrogens is 346 g/mol. The van der Waals surface area contributed by atoms with Crippen molar-refractivity contribution in [1.82, 2.24) is 15.1 Å². The molecule has 1 aromatic rings. The number of nitrogens with one attached hydrogen (secondary N) is 1. The minimum Gasteiger partial charge on any atom is -0.339 e. The molecular formula is C16H22BrN3O2. The predicted molar refractivity (Wildman–Crippen MR) is 89.7 cm³/mol. The third-order valence-electron chi connectivity index (χ3n) is 3.60. The highest BCUT2D eigenvalue weighted by molar-refractivity contribution is 9.10. The number of rotatable bonds is 3. The summed E-state index contributed by atoms with van der Waals surface area (Å²) < 4.78 is 1.01. The second-order valence-corrected chi connectivity index (χ2v) is 6.69. The largest absolute Gasteiger partial charge is 0.339 e. The minimum atomic E-state index is -0.0463. The van der Waals surface area contributed by atoms with Crippen molar-refractivity contribution in [2.24, 2.45) is 0 Å². The van der Waals surface area contributed by atoms with Gasteiger partial charge in [-0.15, -0.1) is 0 Å². The zero-order valence-corrected chi connectivity index (χ0v) is 14.6. The van der Waals surface area contributed by atoms with Crippen molar-refractivity contribution in [2.75, 3.05) is 26.2 Å². The van der Waals surface area contributed by atoms with E-state index < -0.39 is 0 Å². The van der Waals surface area contributed by atoms with Crippen LogP contribution in [0, 0.1) is 0 Å². The van der Waals surface area contributed by atoms with E-state index >= 15 is 0 Å². The number of halogens is 1. The fourth-order valence-electron chi connectivity index (χ4n) is 2.39. The fourth-order valence-corrected chi connectivity index (χ4v) is 2.65. The lowest BCUT2D eigenvalue weighted by Crippen LogP contribution is -2.54. The number of nitrogens with zero attached hydrogens (tertiary/aromatic N) is 2. The van der Waals surface area contributed by atoms with Gasteiger partial charge in [-0.05, 0) is 31.5 Å². The molecule has 1 N–H and O–H groups in total. The number of carbonyl (C=O) groups excluding carboxylic acids is 2. The Kier molecular flexibility index (Phi) is 5.83. The minimum absolute atomic E-state index is 0.0463. The molecule has 0 atom stereocenters. The molecule has 0 spiro atoms. The molecule has 1 aromatic carbocycles. The Hall–Kier alpha value is -1.56. The lowest BCUT2D eigenvalue weighted by atomic mass is 10.1. The molecule has 2 rings (SSSR count). The summed E-state index contributed by atoms with van der Waals surface area (Å²) in [6, 6.07) is 7.87. The zero-order chi connectivity index (χ0) is 16.1. The summed E-state index contributed by atoms with van der Waals surface area (Å²) in [5.74, 6) is 0.117. The normalized spacial score (nSPS) is 15.1. The number of hydrogen-bond donors (Lipinski definition) is 1. The first-order valence-corrected chi connectivity index (χ1v) is 8.32. The van der Waals surface area contributed by atoms with Gasteiger partial charge >= 0.3 is 6.03 Å². The third-order valence-corrected chi connectivity index (χ3v) is 4.13. The van der Waals surface area contributed by atoms with E-state index in [-0.39, 0.29) is 18.0 Å². The SMILES string of the molecule is CC(C)NC(=O)N1CCN(C(=O)Cc2ccc(Br)cc2)CC1. The van der Waals surface area contributed by atoms with Crippen molar-refractivity contribution in [3.8, 4) is 0 Å². The van der Waals surface area contributed by atoms with E-state index in [1.54, 1.807) is 4.90 Å². The van der Waals surface area contributed by atoms with E-state index in [2.05, 4.69) is 21.2 Å². The van der Waals surface area contributed by atoms with Crippen molar-refractivity contribution in [3.05, 3.63) is 34.3 Å². The van der Waals surface area contributed by atoms with Crippen LogP contribution in [0.15, 0.2) is 28.7 Å². The van der Waals surface area contributed by atoms with Gasteiger partial charge in [0.05, 0.1) is 6.42 Å². The molecule has 1 aliphatic rings. The van der Waals surface area contributed by atoms with Crippen LogP contribution in [-0.4, -0.2) is 54.0 Å². The summed E-state index contributed by atoms with van der Waals surface area (Å²) in [6.45, 7) is 6.25. The number of piperazine rings is 1. The van der Waals surface area contributed by atoms with Gasteiger partial charge in [0, 0.05) is 36.7 Å². The Morgan fingerprint density at radius 1 is 1.09 bits per heavy atom. The van der Waals surface area contributed by atoms with Gasteiger partial charge in [0.25, 0.3) is 0 Å². The van der Waals surface area contributed by atoms with E-state index in [9.17, 15) is 9.59 Å². The van der Waals surface area contributed by atoms with Crippen LogP contribution in [0.1, 0.15) is 19.4 Å². The van der Waals surface area contributed by atoms with E-state index in [0.717, 1.165) is 10.0 Å². The second kappa shape index (κ2) is 7.63. The van der Waals surface area contributed by atoms with Crippen LogP contribution in [0.5, 0.6) is 0 Å². The van der Waals surface area contributed by atoms with Crippen molar-refractivity contribution in [2.45, 2.75) is 26.3 Å². The van der Waals surface area contributed by atoms with E-state index in [4.69, 9.17) is 0 Å². The summed E-state index contributed by atoms with van der Waals surface area (Å²) in [7, 11) is 0. The first kappa shape index (κ1) is 16.8. The summed E-state index contributed by atoms with van der Waals surface area (Å²) in [4.78, 5) is 27.8. The Morgan fingerprint density at radius 3 is 2.18 bits per heavy atom. The average Bonchev–Trinajstić information content (AvgIpc) is 2.49. The molecule has 3 amide bonds. The smallest absolute Gasteiger partial charge is 0.317 e. The molecule has 0 saturated carbocycles. The van der Waals surface area contributed by atoms with Crippen LogP contribution in [-0.2, 0) is 11.2 Å². The van der Waals surface area contributed by atoms with Crippen LogP contribution >= 0.6 is 15.9 Å². The van der Waals surface area contributed by atoms with Gasteiger partial charge in [-0.3, -0.25) is 4.79 Å². The molecule has 1 aliphatic heterocycles. The third kappa shape index (κ3) is 4.73. The molecule has 22 heavy (non-hydrogen) atoms. The Morgan fingerprint density at radius 2 is 1.64 bits per heavy atom. The standard InChI is InChI=1S/C16H22BrN3O2/c1-12(2)18-16(22)20-9-7-19(8-10-20)15(21)11-13-3-5-14(17)6-4-13/h3-6,12H,7-11H2,1-2H3,(H,18,22). The van der Waals surface area contributed by atoms with Gasteiger partial charge in [-0.25, -0.2) is 4.79 Å². The lowest BCUT2D eigenvalue weighted by Gasteiger charge is -2.35. The summed E-state index contributed by atoms with van der Waals surface area (Å²) in [5.41, 5.74) is 1.01. The summed E-state index contributed by atoms with van der Waals surface area (Å²) >= 11 is 3.39. The van der Waals surface area contributed by atoms with Gasteiger partial charge in [0.15, 0.2) is 0 Å². The van der Waals surface area contributed by atoms with Crippen molar-refractivity contribution < 1.29 is 9.59 Å². The molecule has 5 nitrogen and oxygen atoms in total. The highest BCUT2D eigenvalue weighted by Crippen LogP contribution is 2.12. The average molecular weight is 368 g/mol. The molecule has 6 heteroatoms. The van der Waals surface area contributed by atoms with Crippen LogP contribution in [0.3, 0.4) is 0 Å². The molecule has 1 fully saturated rings. The van der Waals surface area contributed by atoms with Crippen LogP contribution in [0.4, 0.5) is 4.79 Å². The maximum atomic E-state index is 12.3. The molecule has 0 aliphatic carbocycles. The van der Waals surface area contributed by atoms with E-state index in [0.29, 0.717) is 32.6 Å². The fraction of sp³-hybridized carbons (Fsp3) is 0.500. The number of urea groups is 1. The molecule has 1 saturated heterocycles. The molecule has 120 valence electrons. The van der Waals surface area contributed by atoms with Gasteiger partial charge in [0.2, 0.25) is 5.91 Å². The summed E-state index contributed by atoms with van der Waals surface area (Å²) in [6.07, 6.45) is 0.408. The van der Waals surface area contributed by atoms with Crippen LogP contribution < -0.4 is 5.32 Å². The van der Waals surface area contributed by atoms with Crippen molar-refractivity contribution in [3.63, 3.8) is 0 Å². The molecule has 0 bridgehead atoms. The summed E-state index contributed by atoms with van der Waals surface area (Å²) in [5, 5.41) is 2.88. The van der Waals surface area contributed by atoms with Gasteiger partial charge in [0.1, 0.15) is 0 Å². The topological polar surface area (TPSA) is 52.7 Å². The Labute approximate surface area is 139 Å². The molecule has 0 radical (unpaired) electrons. The maximum absolute atomic E-state index is 12.3. The highest BCUT2D eigenvalue weighted by Gasteiger charge is 2.24. The number of benzene rings is 1. The van der Waals surface area contributed by atoms with Gasteiger partial charge < -0.3 is 15.1 Å². The van der Waals surface area contributed by atoms with Crippen molar-refractivity contribution in [1.29, 1.82) is 0 Å². The first-order valence-electron chi connectivity index (χ1n) is 7.53. The number of hydrogen-bond acceptors (Lipinski definition) is 2. The highest BCUT2D eigenvalue weighted by atomic mass is 79.9. The lowest BCUT2D eigenvalue weighted by molar-refractivity contribution is -0.131. The number of carbonyl (C=O) groups is 2. The second-order valence-electron chi connectivity index (χ2n) is 5.78. The van der Waals surface area contributed by atoms with Gasteiger partial charge in [-0.2, -0.15) is 0 Å². The first-order chi connectivity index (χ1) is 10.5. The maximum Gasteiger partial charge on any atom is 0.317 e.